The molecule has 1 aromatic rings. The summed E-state index contributed by atoms with van der Waals surface area (Å²) < 4.78 is 13.1. The van der Waals surface area contributed by atoms with Crippen LogP contribution in [0.3, 0.4) is 0 Å². The first-order chi connectivity index (χ1) is 10.7. The lowest BCUT2D eigenvalue weighted by Crippen LogP contribution is -2.64. The zero-order valence-electron chi connectivity index (χ0n) is 12.8. The first-order valence-corrected chi connectivity index (χ1v) is 9.91. The van der Waals surface area contributed by atoms with Gasteiger partial charge in [0.15, 0.2) is 5.24 Å². The molecule has 22 heavy (non-hydrogen) atoms. The Bertz CT molecular complexity index is 532. The van der Waals surface area contributed by atoms with Gasteiger partial charge >= 0.3 is 0 Å². The molecule has 0 bridgehead atoms. The molecule has 1 spiro atoms. The van der Waals surface area contributed by atoms with Gasteiger partial charge in [0.1, 0.15) is 0 Å². The van der Waals surface area contributed by atoms with E-state index in [1.165, 1.54) is 56.0 Å². The van der Waals surface area contributed by atoms with Gasteiger partial charge in [-0.1, -0.05) is 33.8 Å². The van der Waals surface area contributed by atoms with Gasteiger partial charge in [-0.15, -0.1) is 0 Å². The Morgan fingerprint density at radius 3 is 2.64 bits per heavy atom. The molecule has 1 saturated heterocycles. The molecule has 4 atom stereocenters. The maximum absolute atomic E-state index is 13.1. The first-order valence-electron chi connectivity index (χ1n) is 8.36. The number of nitrogens with zero attached hydrogens (tertiary/aromatic N) is 1. The summed E-state index contributed by atoms with van der Waals surface area (Å²) >= 11 is 1.25. The van der Waals surface area contributed by atoms with E-state index in [1.54, 1.807) is 0 Å². The Labute approximate surface area is 138 Å². The lowest BCUT2D eigenvalue weighted by molar-refractivity contribution is 0.235. The van der Waals surface area contributed by atoms with Crippen LogP contribution >= 0.6 is 21.0 Å². The van der Waals surface area contributed by atoms with Gasteiger partial charge in [0.2, 0.25) is 0 Å². The molecule has 5 heteroatoms. The average Bonchev–Trinajstić information content (AvgIpc) is 3.25. The number of piperazine rings is 1. The van der Waals surface area contributed by atoms with Gasteiger partial charge in [-0.05, 0) is 49.9 Å². The normalized spacial score (nSPS) is 30.9. The van der Waals surface area contributed by atoms with E-state index >= 15 is 0 Å². The van der Waals surface area contributed by atoms with E-state index in [0.29, 0.717) is 17.6 Å². The highest BCUT2D eigenvalue weighted by molar-refractivity contribution is 8.03. The summed E-state index contributed by atoms with van der Waals surface area (Å²) in [5, 5.41) is 3.02. The molecule has 1 aromatic carbocycles. The third kappa shape index (κ3) is 3.02. The van der Waals surface area contributed by atoms with Crippen molar-refractivity contribution in [2.75, 3.05) is 11.4 Å². The number of benzene rings is 1. The van der Waals surface area contributed by atoms with Crippen molar-refractivity contribution in [2.24, 2.45) is 0 Å². The van der Waals surface area contributed by atoms with Gasteiger partial charge in [0.05, 0.1) is 0 Å². The molecule has 2 aliphatic carbocycles. The molecule has 1 aliphatic heterocycles. The lowest BCUT2D eigenvalue weighted by atomic mass is 9.85. The Morgan fingerprint density at radius 1 is 1.23 bits per heavy atom. The predicted molar refractivity (Wildman–Crippen MR) is 95.4 cm³/mol. The van der Waals surface area contributed by atoms with E-state index in [9.17, 15) is 4.39 Å². The fourth-order valence-corrected chi connectivity index (χ4v) is 5.14. The number of alkyl halides is 1. The maximum Gasteiger partial charge on any atom is 0.162 e. The van der Waals surface area contributed by atoms with Crippen molar-refractivity contribution in [3.8, 4) is 0 Å². The lowest BCUT2D eigenvalue weighted by Gasteiger charge is -2.49. The summed E-state index contributed by atoms with van der Waals surface area (Å²) in [6.07, 6.45) is 7.95. The second kappa shape index (κ2) is 5.96. The number of nitrogens with one attached hydrogen (secondary N) is 1. The van der Waals surface area contributed by atoms with E-state index < -0.39 is 5.24 Å². The summed E-state index contributed by atoms with van der Waals surface area (Å²) in [6.45, 7) is 1.13. The first kappa shape index (κ1) is 15.2. The van der Waals surface area contributed by atoms with Crippen LogP contribution in [0.5, 0.6) is 0 Å². The smallest absolute Gasteiger partial charge is 0.162 e. The number of hydrogen-bond acceptors (Lipinski definition) is 3. The van der Waals surface area contributed by atoms with E-state index in [-0.39, 0.29) is 0 Å². The molecule has 0 amide bonds. The maximum atomic E-state index is 13.1. The number of fused-ring (bicyclic) bond motifs is 1. The van der Waals surface area contributed by atoms with Crippen molar-refractivity contribution in [2.45, 2.75) is 66.3 Å². The topological polar surface area (TPSA) is 15.3 Å². The molecular formula is C17H24FN2PS. The molecule has 0 radical (unpaired) electrons. The van der Waals surface area contributed by atoms with E-state index in [0.717, 1.165) is 11.4 Å². The highest BCUT2D eigenvalue weighted by Crippen LogP contribution is 2.44. The fraction of sp³-hybridized carbons (Fsp3) is 0.647. The van der Waals surface area contributed by atoms with Crippen LogP contribution in [0.1, 0.15) is 38.5 Å². The van der Waals surface area contributed by atoms with Gasteiger partial charge in [-0.25, -0.2) is 4.39 Å². The second-order valence-corrected chi connectivity index (χ2v) is 9.20. The molecule has 120 valence electrons. The zero-order valence-corrected chi connectivity index (χ0v) is 14.8. The summed E-state index contributed by atoms with van der Waals surface area (Å²) in [5.74, 6) is 0. The number of halogens is 1. The number of thioether (sulfide) groups is 1. The molecule has 2 nitrogen and oxygen atoms in total. The molecule has 2 saturated carbocycles. The minimum absolute atomic E-state index is 0.385. The van der Waals surface area contributed by atoms with E-state index in [2.05, 4.69) is 43.7 Å². The quantitative estimate of drug-likeness (QED) is 0.658. The molecule has 4 unspecified atom stereocenters. The molecule has 1 heterocycles. The van der Waals surface area contributed by atoms with Crippen LogP contribution < -0.4 is 10.2 Å². The van der Waals surface area contributed by atoms with E-state index in [1.807, 2.05) is 0 Å². The van der Waals surface area contributed by atoms with Crippen LogP contribution in [-0.4, -0.2) is 29.4 Å². The number of anilines is 1. The monoisotopic (exact) mass is 338 g/mol. The Kier molecular flexibility index (Phi) is 4.13. The van der Waals surface area contributed by atoms with Crippen molar-refractivity contribution >= 4 is 26.7 Å². The molecule has 4 rings (SSSR count). The molecule has 3 aliphatic rings. The van der Waals surface area contributed by atoms with Gasteiger partial charge in [0, 0.05) is 34.8 Å². The summed E-state index contributed by atoms with van der Waals surface area (Å²) in [4.78, 5) is 3.64. The summed E-state index contributed by atoms with van der Waals surface area (Å²) in [6, 6.07) is 9.78. The SMILES string of the molecule is FC(P)Sc1ccc(N2CC3(CC3)NC3CCCCC32)cc1. The molecule has 0 aromatic heterocycles. The van der Waals surface area contributed by atoms with Crippen molar-refractivity contribution in [1.82, 2.24) is 5.32 Å². The standard InChI is InChI=1S/C17H24FN2PS/c18-16(21)22-13-7-5-12(6-8-13)20-11-17(9-10-17)19-14-3-1-2-4-15(14)20/h5-8,14-16,19H,1-4,9-11,21H2. The van der Waals surface area contributed by atoms with Gasteiger partial charge in [-0.3, -0.25) is 0 Å². The second-order valence-electron chi connectivity index (χ2n) is 6.97. The van der Waals surface area contributed by atoms with Crippen LogP contribution in [0.25, 0.3) is 0 Å². The third-order valence-corrected chi connectivity index (χ3v) is 6.54. The van der Waals surface area contributed by atoms with Crippen LogP contribution in [0, 0.1) is 0 Å². The molecule has 3 fully saturated rings. The van der Waals surface area contributed by atoms with Gasteiger partial charge in [0.25, 0.3) is 0 Å². The minimum atomic E-state index is -0.928. The number of hydrogen-bond donors (Lipinski definition) is 1. The number of rotatable bonds is 3. The van der Waals surface area contributed by atoms with Crippen LogP contribution in [0.2, 0.25) is 0 Å². The average molecular weight is 338 g/mol. The zero-order chi connectivity index (χ0) is 15.2. The largest absolute Gasteiger partial charge is 0.365 e. The fourth-order valence-electron chi connectivity index (χ4n) is 4.12. The van der Waals surface area contributed by atoms with E-state index in [4.69, 9.17) is 0 Å². The Hall–Kier alpha value is -0.310. The van der Waals surface area contributed by atoms with Crippen LogP contribution in [0.4, 0.5) is 10.1 Å². The minimum Gasteiger partial charge on any atom is -0.365 e. The highest BCUT2D eigenvalue weighted by Gasteiger charge is 2.51. The van der Waals surface area contributed by atoms with Gasteiger partial charge in [-0.2, -0.15) is 0 Å². The van der Waals surface area contributed by atoms with Crippen LogP contribution in [-0.2, 0) is 0 Å². The predicted octanol–water partition coefficient (Wildman–Crippen LogP) is 4.16. The van der Waals surface area contributed by atoms with Crippen molar-refractivity contribution in [3.63, 3.8) is 0 Å². The summed E-state index contributed by atoms with van der Waals surface area (Å²) in [5.41, 5.74) is 1.70. The molecule has 1 N–H and O–H groups in total. The Morgan fingerprint density at radius 2 is 1.95 bits per heavy atom. The van der Waals surface area contributed by atoms with Crippen molar-refractivity contribution in [1.29, 1.82) is 0 Å². The van der Waals surface area contributed by atoms with Crippen molar-refractivity contribution in [3.05, 3.63) is 24.3 Å². The molecular weight excluding hydrogens is 314 g/mol. The highest BCUT2D eigenvalue weighted by atomic mass is 32.2. The van der Waals surface area contributed by atoms with Crippen molar-refractivity contribution < 1.29 is 4.39 Å². The Balaban J connectivity index is 1.56. The van der Waals surface area contributed by atoms with Gasteiger partial charge < -0.3 is 10.2 Å². The third-order valence-electron chi connectivity index (χ3n) is 5.36. The summed E-state index contributed by atoms with van der Waals surface area (Å²) in [7, 11) is 2.20. The van der Waals surface area contributed by atoms with Crippen LogP contribution in [0.15, 0.2) is 29.2 Å².